The van der Waals surface area contributed by atoms with Gasteiger partial charge in [0.1, 0.15) is 11.2 Å². The third-order valence-corrected chi connectivity index (χ3v) is 5.71. The average molecular weight is 387 g/mol. The molecule has 2 aromatic carbocycles. The largest absolute Gasteiger partial charge is 0.463 e. The summed E-state index contributed by atoms with van der Waals surface area (Å²) in [5.41, 5.74) is 4.80. The summed E-state index contributed by atoms with van der Waals surface area (Å²) in [4.78, 5) is 24.9. The molecular weight excluding hydrogens is 366 g/mol. The minimum Gasteiger partial charge on any atom is -0.463 e. The van der Waals surface area contributed by atoms with Crippen molar-refractivity contribution in [3.8, 4) is 11.1 Å². The number of aryl methyl sites for hydroxylation is 2. The summed E-state index contributed by atoms with van der Waals surface area (Å²) >= 11 is 0. The first kappa shape index (κ1) is 17.7. The van der Waals surface area contributed by atoms with Crippen molar-refractivity contribution < 1.29 is 13.6 Å². The van der Waals surface area contributed by atoms with E-state index in [0.717, 1.165) is 45.9 Å². The Morgan fingerprint density at radius 3 is 2.55 bits per heavy atom. The standard InChI is InChI=1S/C24H21NO4/c1-13-17-10-19-20(15-6-4-3-5-7-15)12-28-22(19)14(2)23(17)29-24(27)18(13)11-21(26)25-16-8-9-16/h3-7,10,12,16H,8-9,11H2,1-2H3,(H,25,26). The fourth-order valence-electron chi connectivity index (χ4n) is 3.91. The Labute approximate surface area is 167 Å². The first-order valence-electron chi connectivity index (χ1n) is 9.85. The molecule has 0 atom stereocenters. The van der Waals surface area contributed by atoms with Crippen LogP contribution in [-0.4, -0.2) is 11.9 Å². The second-order valence-corrected chi connectivity index (χ2v) is 7.78. The van der Waals surface area contributed by atoms with Crippen LogP contribution in [0, 0.1) is 13.8 Å². The van der Waals surface area contributed by atoms with Gasteiger partial charge in [-0.05, 0) is 43.9 Å². The van der Waals surface area contributed by atoms with Gasteiger partial charge in [-0.25, -0.2) is 4.79 Å². The number of hydrogen-bond acceptors (Lipinski definition) is 4. The molecule has 2 heterocycles. The van der Waals surface area contributed by atoms with E-state index < -0.39 is 5.63 Å². The van der Waals surface area contributed by atoms with Gasteiger partial charge in [0.25, 0.3) is 0 Å². The summed E-state index contributed by atoms with van der Waals surface area (Å²) < 4.78 is 11.5. The molecule has 1 aliphatic carbocycles. The van der Waals surface area contributed by atoms with Crippen molar-refractivity contribution in [3.63, 3.8) is 0 Å². The van der Waals surface area contributed by atoms with Crippen molar-refractivity contribution in [2.24, 2.45) is 0 Å². The maximum absolute atomic E-state index is 12.6. The van der Waals surface area contributed by atoms with E-state index in [0.29, 0.717) is 16.7 Å². The smallest absolute Gasteiger partial charge is 0.340 e. The van der Waals surface area contributed by atoms with Gasteiger partial charge in [-0.2, -0.15) is 0 Å². The lowest BCUT2D eigenvalue weighted by molar-refractivity contribution is -0.120. The number of nitrogens with one attached hydrogen (secondary N) is 1. The highest BCUT2D eigenvalue weighted by Crippen LogP contribution is 2.37. The van der Waals surface area contributed by atoms with Crippen molar-refractivity contribution >= 4 is 27.8 Å². The highest BCUT2D eigenvalue weighted by atomic mass is 16.4. The van der Waals surface area contributed by atoms with Gasteiger partial charge in [-0.1, -0.05) is 30.3 Å². The van der Waals surface area contributed by atoms with Crippen LogP contribution in [0.1, 0.15) is 29.5 Å². The Bertz CT molecular complexity index is 1310. The van der Waals surface area contributed by atoms with Crippen LogP contribution in [0.15, 0.2) is 56.3 Å². The average Bonchev–Trinajstić information content (AvgIpc) is 3.42. The fraction of sp³-hybridized carbons (Fsp3) is 0.250. The summed E-state index contributed by atoms with van der Waals surface area (Å²) in [6.07, 6.45) is 3.80. The predicted molar refractivity (Wildman–Crippen MR) is 112 cm³/mol. The summed E-state index contributed by atoms with van der Waals surface area (Å²) in [6, 6.07) is 12.3. The van der Waals surface area contributed by atoms with Gasteiger partial charge < -0.3 is 14.2 Å². The lowest BCUT2D eigenvalue weighted by atomic mass is 9.97. The highest BCUT2D eigenvalue weighted by molar-refractivity contribution is 6.05. The molecule has 1 amide bonds. The zero-order valence-corrected chi connectivity index (χ0v) is 16.4. The van der Waals surface area contributed by atoms with Gasteiger partial charge in [0.15, 0.2) is 0 Å². The van der Waals surface area contributed by atoms with Crippen LogP contribution in [0.25, 0.3) is 33.1 Å². The van der Waals surface area contributed by atoms with Gasteiger partial charge in [0.2, 0.25) is 5.91 Å². The second-order valence-electron chi connectivity index (χ2n) is 7.78. The molecule has 0 spiro atoms. The fourth-order valence-corrected chi connectivity index (χ4v) is 3.91. The number of furan rings is 1. The van der Waals surface area contributed by atoms with Crippen LogP contribution in [0.3, 0.4) is 0 Å². The quantitative estimate of drug-likeness (QED) is 0.518. The van der Waals surface area contributed by atoms with Gasteiger partial charge in [0, 0.05) is 27.9 Å². The highest BCUT2D eigenvalue weighted by Gasteiger charge is 2.25. The van der Waals surface area contributed by atoms with E-state index in [1.54, 1.807) is 6.26 Å². The number of carbonyl (C=O) groups excluding carboxylic acids is 1. The van der Waals surface area contributed by atoms with Crippen molar-refractivity contribution in [3.05, 3.63) is 69.8 Å². The van der Waals surface area contributed by atoms with Crippen LogP contribution in [-0.2, 0) is 11.2 Å². The Kier molecular flexibility index (Phi) is 4.05. The van der Waals surface area contributed by atoms with E-state index in [2.05, 4.69) is 5.32 Å². The number of carbonyl (C=O) groups is 1. The van der Waals surface area contributed by atoms with Crippen LogP contribution >= 0.6 is 0 Å². The minimum absolute atomic E-state index is 0.0363. The molecule has 1 N–H and O–H groups in total. The van der Waals surface area contributed by atoms with E-state index >= 15 is 0 Å². The molecule has 0 unspecified atom stereocenters. The molecule has 2 aromatic heterocycles. The maximum atomic E-state index is 12.6. The van der Waals surface area contributed by atoms with Crippen LogP contribution in [0.4, 0.5) is 0 Å². The van der Waals surface area contributed by atoms with Crippen molar-refractivity contribution in [1.82, 2.24) is 5.32 Å². The third-order valence-electron chi connectivity index (χ3n) is 5.71. The van der Waals surface area contributed by atoms with Gasteiger partial charge in [0.05, 0.1) is 18.2 Å². The van der Waals surface area contributed by atoms with Crippen molar-refractivity contribution in [2.45, 2.75) is 39.2 Å². The summed E-state index contributed by atoms with van der Waals surface area (Å²) in [6.45, 7) is 3.78. The number of hydrogen-bond donors (Lipinski definition) is 1. The van der Waals surface area contributed by atoms with Crippen molar-refractivity contribution in [1.29, 1.82) is 0 Å². The number of benzene rings is 2. The lowest BCUT2D eigenvalue weighted by Crippen LogP contribution is -2.29. The monoisotopic (exact) mass is 387 g/mol. The van der Waals surface area contributed by atoms with E-state index in [-0.39, 0.29) is 18.4 Å². The predicted octanol–water partition coefficient (Wildman–Crippen LogP) is 4.64. The van der Waals surface area contributed by atoms with Gasteiger partial charge >= 0.3 is 5.63 Å². The van der Waals surface area contributed by atoms with E-state index in [1.165, 1.54) is 0 Å². The molecule has 0 bridgehead atoms. The number of rotatable bonds is 4. The van der Waals surface area contributed by atoms with Crippen LogP contribution < -0.4 is 10.9 Å². The normalized spacial score (nSPS) is 13.9. The Balaban J connectivity index is 1.69. The van der Waals surface area contributed by atoms with Gasteiger partial charge in [-0.15, -0.1) is 0 Å². The second kappa shape index (κ2) is 6.62. The van der Waals surface area contributed by atoms with E-state index in [9.17, 15) is 9.59 Å². The molecule has 1 saturated carbocycles. The zero-order chi connectivity index (χ0) is 20.1. The molecule has 29 heavy (non-hydrogen) atoms. The Morgan fingerprint density at radius 2 is 1.83 bits per heavy atom. The summed E-state index contributed by atoms with van der Waals surface area (Å²) in [5, 5.41) is 4.74. The first-order chi connectivity index (χ1) is 14.0. The molecule has 146 valence electrons. The topological polar surface area (TPSA) is 72.5 Å². The first-order valence-corrected chi connectivity index (χ1v) is 9.85. The molecular formula is C24H21NO4. The summed E-state index contributed by atoms with van der Waals surface area (Å²) in [7, 11) is 0. The molecule has 5 heteroatoms. The van der Waals surface area contributed by atoms with Crippen LogP contribution in [0.2, 0.25) is 0 Å². The third kappa shape index (κ3) is 3.03. The maximum Gasteiger partial charge on any atom is 0.340 e. The Morgan fingerprint density at radius 1 is 1.07 bits per heavy atom. The molecule has 4 aromatic rings. The molecule has 5 rings (SSSR count). The van der Waals surface area contributed by atoms with E-state index in [1.807, 2.05) is 50.2 Å². The lowest BCUT2D eigenvalue weighted by Gasteiger charge is -2.10. The molecule has 0 aliphatic heterocycles. The molecule has 0 radical (unpaired) electrons. The molecule has 1 fully saturated rings. The number of amides is 1. The summed E-state index contributed by atoms with van der Waals surface area (Å²) in [5.74, 6) is -0.131. The minimum atomic E-state index is -0.460. The SMILES string of the molecule is Cc1c(CC(=O)NC2CC2)c(=O)oc2c(C)c3occ(-c4ccccc4)c3cc12. The van der Waals surface area contributed by atoms with Gasteiger partial charge in [-0.3, -0.25) is 4.79 Å². The van der Waals surface area contributed by atoms with Crippen molar-refractivity contribution in [2.75, 3.05) is 0 Å². The molecule has 0 saturated heterocycles. The zero-order valence-electron chi connectivity index (χ0n) is 16.4. The number of fused-ring (bicyclic) bond motifs is 2. The van der Waals surface area contributed by atoms with E-state index in [4.69, 9.17) is 8.83 Å². The molecule has 1 aliphatic rings. The van der Waals surface area contributed by atoms with Crippen LogP contribution in [0.5, 0.6) is 0 Å². The Hall–Kier alpha value is -3.34. The molecule has 5 nitrogen and oxygen atoms in total.